The SMILES string of the molecule is CC(C)(C)OC(=O)NC(C1CCCCC1)C(N=C1c2ccccc2-c2ccccc21)P(=O)(O)O. The van der Waals surface area contributed by atoms with E-state index < -0.39 is 31.1 Å². The van der Waals surface area contributed by atoms with Crippen molar-refractivity contribution in [1.82, 2.24) is 5.32 Å². The summed E-state index contributed by atoms with van der Waals surface area (Å²) >= 11 is 0. The van der Waals surface area contributed by atoms with E-state index in [1.807, 2.05) is 48.5 Å². The fraction of sp³-hybridized carbons (Fsp3) is 0.462. The maximum Gasteiger partial charge on any atom is 0.407 e. The monoisotopic (exact) mass is 484 g/mol. The van der Waals surface area contributed by atoms with E-state index >= 15 is 0 Å². The summed E-state index contributed by atoms with van der Waals surface area (Å²) in [6.07, 6.45) is 3.84. The van der Waals surface area contributed by atoms with Gasteiger partial charge >= 0.3 is 13.7 Å². The maximum absolute atomic E-state index is 12.9. The van der Waals surface area contributed by atoms with E-state index in [4.69, 9.17) is 9.73 Å². The zero-order valence-corrected chi connectivity index (χ0v) is 20.8. The van der Waals surface area contributed by atoms with Crippen LogP contribution in [0.15, 0.2) is 53.5 Å². The number of alkyl carbamates (subject to hydrolysis) is 1. The molecule has 2 aliphatic carbocycles. The molecule has 0 spiro atoms. The molecule has 7 nitrogen and oxygen atoms in total. The van der Waals surface area contributed by atoms with Gasteiger partial charge in [0.05, 0.1) is 11.8 Å². The first kappa shape index (κ1) is 24.6. The van der Waals surface area contributed by atoms with Gasteiger partial charge in [0.2, 0.25) is 0 Å². The van der Waals surface area contributed by atoms with E-state index in [1.54, 1.807) is 20.8 Å². The minimum atomic E-state index is -4.74. The summed E-state index contributed by atoms with van der Waals surface area (Å²) in [7, 11) is -4.74. The molecule has 0 heterocycles. The minimum Gasteiger partial charge on any atom is -0.444 e. The zero-order valence-electron chi connectivity index (χ0n) is 19.9. The first-order valence-electron chi connectivity index (χ1n) is 11.9. The van der Waals surface area contributed by atoms with Crippen molar-refractivity contribution < 1.29 is 23.9 Å². The van der Waals surface area contributed by atoms with Gasteiger partial charge in [-0.05, 0) is 50.7 Å². The molecule has 2 aromatic rings. The molecule has 2 aromatic carbocycles. The van der Waals surface area contributed by atoms with Crippen LogP contribution in [0.1, 0.15) is 64.0 Å². The lowest BCUT2D eigenvalue weighted by Crippen LogP contribution is -2.49. The van der Waals surface area contributed by atoms with Crippen molar-refractivity contribution in [2.24, 2.45) is 10.9 Å². The number of carbonyl (C=O) groups is 1. The summed E-state index contributed by atoms with van der Waals surface area (Å²) in [6, 6.07) is 14.6. The van der Waals surface area contributed by atoms with Crippen LogP contribution in [0.4, 0.5) is 4.79 Å². The number of nitrogens with zero attached hydrogens (tertiary/aromatic N) is 1. The molecule has 0 aromatic heterocycles. The molecule has 3 N–H and O–H groups in total. The third kappa shape index (κ3) is 5.43. The Morgan fingerprint density at radius 1 is 0.971 bits per heavy atom. The number of carbonyl (C=O) groups excluding carboxylic acids is 1. The van der Waals surface area contributed by atoms with Gasteiger partial charge < -0.3 is 19.8 Å². The van der Waals surface area contributed by atoms with Gasteiger partial charge in [0, 0.05) is 11.1 Å². The Kier molecular flexibility index (Phi) is 6.99. The Hall–Kier alpha value is -2.47. The third-order valence-electron chi connectivity index (χ3n) is 6.42. The topological polar surface area (TPSA) is 108 Å². The third-order valence-corrected chi connectivity index (χ3v) is 7.55. The van der Waals surface area contributed by atoms with Crippen LogP contribution >= 0.6 is 7.60 Å². The normalized spacial score (nSPS) is 18.0. The lowest BCUT2D eigenvalue weighted by Gasteiger charge is -2.35. The second-order valence-corrected chi connectivity index (χ2v) is 11.8. The highest BCUT2D eigenvalue weighted by atomic mass is 31.2. The van der Waals surface area contributed by atoms with Crippen LogP contribution in [0, 0.1) is 5.92 Å². The molecule has 1 fully saturated rings. The van der Waals surface area contributed by atoms with Crippen LogP contribution in [0.5, 0.6) is 0 Å². The molecule has 2 atom stereocenters. The highest BCUT2D eigenvalue weighted by molar-refractivity contribution is 7.52. The van der Waals surface area contributed by atoms with Crippen molar-refractivity contribution in [3.05, 3.63) is 59.7 Å². The number of hydrogen-bond acceptors (Lipinski definition) is 4. The molecule has 182 valence electrons. The van der Waals surface area contributed by atoms with E-state index in [1.165, 1.54) is 0 Å². The first-order valence-corrected chi connectivity index (χ1v) is 13.5. The number of rotatable bonds is 5. The van der Waals surface area contributed by atoms with Crippen molar-refractivity contribution in [3.8, 4) is 11.1 Å². The number of amides is 1. The number of hydrogen-bond donors (Lipinski definition) is 3. The Labute approximate surface area is 200 Å². The van der Waals surface area contributed by atoms with Gasteiger partial charge in [0.25, 0.3) is 0 Å². The van der Waals surface area contributed by atoms with Crippen molar-refractivity contribution in [2.75, 3.05) is 0 Å². The Morgan fingerprint density at radius 2 is 1.47 bits per heavy atom. The minimum absolute atomic E-state index is 0.102. The van der Waals surface area contributed by atoms with Crippen LogP contribution in [0.3, 0.4) is 0 Å². The molecule has 2 aliphatic rings. The van der Waals surface area contributed by atoms with Crippen molar-refractivity contribution in [3.63, 3.8) is 0 Å². The summed E-state index contributed by atoms with van der Waals surface area (Å²) in [5.74, 6) is -1.52. The summed E-state index contributed by atoms with van der Waals surface area (Å²) in [6.45, 7) is 5.28. The molecule has 0 bridgehead atoms. The number of benzene rings is 2. The number of fused-ring (bicyclic) bond motifs is 3. The molecule has 4 rings (SSSR count). The fourth-order valence-electron chi connectivity index (χ4n) is 5.00. The summed E-state index contributed by atoms with van der Waals surface area (Å²) in [4.78, 5) is 38.5. The largest absolute Gasteiger partial charge is 0.444 e. The Balaban J connectivity index is 1.79. The molecule has 0 radical (unpaired) electrons. The molecule has 2 unspecified atom stereocenters. The number of ether oxygens (including phenoxy) is 1. The van der Waals surface area contributed by atoms with Gasteiger partial charge in [-0.25, -0.2) is 4.79 Å². The number of nitrogens with one attached hydrogen (secondary N) is 1. The highest BCUT2D eigenvalue weighted by Crippen LogP contribution is 2.48. The van der Waals surface area contributed by atoms with Gasteiger partial charge in [0.15, 0.2) is 5.78 Å². The predicted octanol–water partition coefficient (Wildman–Crippen LogP) is 5.48. The van der Waals surface area contributed by atoms with Crippen LogP contribution < -0.4 is 5.32 Å². The van der Waals surface area contributed by atoms with Gasteiger partial charge in [-0.15, -0.1) is 0 Å². The lowest BCUT2D eigenvalue weighted by atomic mass is 9.83. The van der Waals surface area contributed by atoms with Gasteiger partial charge in [-0.2, -0.15) is 0 Å². The zero-order chi connectivity index (χ0) is 24.5. The van der Waals surface area contributed by atoms with Crippen LogP contribution in [-0.4, -0.2) is 39.0 Å². The van der Waals surface area contributed by atoms with Crippen LogP contribution in [0.25, 0.3) is 11.1 Å². The summed E-state index contributed by atoms with van der Waals surface area (Å²) in [5.41, 5.74) is 3.45. The average molecular weight is 485 g/mol. The van der Waals surface area contributed by atoms with Gasteiger partial charge in [-0.3, -0.25) is 9.56 Å². The number of aliphatic imine (C=N–C) groups is 1. The molecule has 0 aliphatic heterocycles. The van der Waals surface area contributed by atoms with E-state index in [-0.39, 0.29) is 5.92 Å². The highest BCUT2D eigenvalue weighted by Gasteiger charge is 2.43. The maximum atomic E-state index is 12.9. The van der Waals surface area contributed by atoms with Crippen LogP contribution in [-0.2, 0) is 9.30 Å². The molecular formula is C26H33N2O5P. The Morgan fingerprint density at radius 3 is 1.94 bits per heavy atom. The summed E-state index contributed by atoms with van der Waals surface area (Å²) < 4.78 is 18.3. The van der Waals surface area contributed by atoms with Crippen LogP contribution in [0.2, 0.25) is 0 Å². The second-order valence-electron chi connectivity index (χ2n) is 10.1. The average Bonchev–Trinajstić information content (AvgIpc) is 3.08. The standard InChI is InChI=1S/C26H33N2O5P/c1-26(2,3)33-25(29)28-22(17-11-5-4-6-12-17)24(34(30,31)32)27-23-20-15-9-7-13-18(20)19-14-8-10-16-21(19)23/h7-10,13-17,22,24H,4-6,11-12H2,1-3H3,(H,28,29)(H2,30,31,32). The van der Waals surface area contributed by atoms with Crippen molar-refractivity contribution >= 4 is 19.4 Å². The van der Waals surface area contributed by atoms with Crippen molar-refractivity contribution in [2.45, 2.75) is 70.3 Å². The van der Waals surface area contributed by atoms with Crippen molar-refractivity contribution in [1.29, 1.82) is 0 Å². The van der Waals surface area contributed by atoms with Gasteiger partial charge in [0.1, 0.15) is 5.60 Å². The second kappa shape index (κ2) is 9.65. The molecule has 1 amide bonds. The molecular weight excluding hydrogens is 451 g/mol. The van der Waals surface area contributed by atoms with E-state index in [9.17, 15) is 19.1 Å². The summed E-state index contributed by atoms with van der Waals surface area (Å²) in [5, 5.41) is 2.81. The fourth-order valence-corrected chi connectivity index (χ4v) is 6.01. The molecule has 8 heteroatoms. The Bertz CT molecular complexity index is 1080. The molecule has 34 heavy (non-hydrogen) atoms. The quantitative estimate of drug-likeness (QED) is 0.416. The van der Waals surface area contributed by atoms with E-state index in [2.05, 4.69) is 5.32 Å². The van der Waals surface area contributed by atoms with E-state index in [0.29, 0.717) is 5.71 Å². The molecule has 1 saturated carbocycles. The van der Waals surface area contributed by atoms with E-state index in [0.717, 1.165) is 54.4 Å². The predicted molar refractivity (Wildman–Crippen MR) is 133 cm³/mol. The molecule has 0 saturated heterocycles. The lowest BCUT2D eigenvalue weighted by molar-refractivity contribution is 0.0473. The first-order chi connectivity index (χ1) is 16.0. The smallest absolute Gasteiger partial charge is 0.407 e. The van der Waals surface area contributed by atoms with Gasteiger partial charge in [-0.1, -0.05) is 67.8 Å².